The zero-order valence-corrected chi connectivity index (χ0v) is 15.0. The van der Waals surface area contributed by atoms with Crippen molar-refractivity contribution in [2.45, 2.75) is 33.0 Å². The predicted molar refractivity (Wildman–Crippen MR) is 98.7 cm³/mol. The van der Waals surface area contributed by atoms with Crippen molar-refractivity contribution in [2.75, 3.05) is 0 Å². The second-order valence-electron chi connectivity index (χ2n) is 6.34. The third-order valence-corrected chi connectivity index (χ3v) is 3.94. The van der Waals surface area contributed by atoms with Crippen LogP contribution >= 0.6 is 0 Å². The molecule has 0 spiro atoms. The summed E-state index contributed by atoms with van der Waals surface area (Å²) in [5.74, 6) is -0.835. The van der Waals surface area contributed by atoms with Crippen LogP contribution in [0.1, 0.15) is 25.0 Å². The van der Waals surface area contributed by atoms with Crippen molar-refractivity contribution in [3.8, 4) is 0 Å². The molecule has 0 aromatic heterocycles. The lowest BCUT2D eigenvalue weighted by Gasteiger charge is -2.22. The summed E-state index contributed by atoms with van der Waals surface area (Å²) < 4.78 is 13.6. The Morgan fingerprint density at radius 2 is 1.58 bits per heavy atom. The molecular weight excluding hydrogens is 333 g/mol. The number of nitrogens with one attached hydrogen (secondary N) is 3. The third-order valence-electron chi connectivity index (χ3n) is 3.94. The molecule has 6 heteroatoms. The Morgan fingerprint density at radius 1 is 0.923 bits per heavy atom. The molecule has 0 aliphatic rings. The minimum atomic E-state index is -0.711. The molecule has 1 atom stereocenters. The molecule has 3 N–H and O–H groups in total. The Morgan fingerprint density at radius 3 is 2.23 bits per heavy atom. The van der Waals surface area contributed by atoms with Gasteiger partial charge in [0, 0.05) is 18.7 Å². The highest BCUT2D eigenvalue weighted by Gasteiger charge is 2.24. The van der Waals surface area contributed by atoms with Gasteiger partial charge >= 0.3 is 6.03 Å². The number of benzene rings is 2. The molecule has 0 aliphatic carbocycles. The van der Waals surface area contributed by atoms with Crippen LogP contribution in [0.2, 0.25) is 0 Å². The van der Waals surface area contributed by atoms with E-state index < -0.39 is 12.1 Å². The first-order valence-electron chi connectivity index (χ1n) is 8.56. The summed E-state index contributed by atoms with van der Waals surface area (Å²) in [5, 5.41) is 8.09. The molecule has 0 aliphatic heterocycles. The molecule has 0 saturated heterocycles. The van der Waals surface area contributed by atoms with Crippen LogP contribution < -0.4 is 16.0 Å². The van der Waals surface area contributed by atoms with Crippen molar-refractivity contribution >= 4 is 11.9 Å². The molecule has 2 aromatic carbocycles. The normalized spacial score (nSPS) is 11.7. The average molecular weight is 357 g/mol. The molecule has 0 bridgehead atoms. The van der Waals surface area contributed by atoms with Gasteiger partial charge in [-0.2, -0.15) is 0 Å². The molecule has 2 aromatic rings. The van der Waals surface area contributed by atoms with Gasteiger partial charge in [-0.05, 0) is 17.5 Å². The highest BCUT2D eigenvalue weighted by atomic mass is 19.1. The fourth-order valence-electron chi connectivity index (χ4n) is 2.44. The first kappa shape index (κ1) is 19.4. The van der Waals surface area contributed by atoms with Crippen molar-refractivity contribution in [3.63, 3.8) is 0 Å². The second-order valence-corrected chi connectivity index (χ2v) is 6.34. The molecule has 26 heavy (non-hydrogen) atoms. The Kier molecular flexibility index (Phi) is 7.14. The lowest BCUT2D eigenvalue weighted by molar-refractivity contribution is -0.124. The number of hydrogen-bond donors (Lipinski definition) is 3. The summed E-state index contributed by atoms with van der Waals surface area (Å²) in [6, 6.07) is 14.6. The molecule has 138 valence electrons. The predicted octanol–water partition coefficient (Wildman–Crippen LogP) is 2.97. The van der Waals surface area contributed by atoms with E-state index in [1.54, 1.807) is 18.2 Å². The highest BCUT2D eigenvalue weighted by Crippen LogP contribution is 2.07. The van der Waals surface area contributed by atoms with Crippen molar-refractivity contribution in [1.82, 2.24) is 16.0 Å². The minimum Gasteiger partial charge on any atom is -0.350 e. The number of carbonyl (C=O) groups excluding carboxylic acids is 2. The SMILES string of the molecule is CC(C)[C@@H](NC(=O)NCc1ccccc1)C(=O)NCc1ccccc1F. The summed E-state index contributed by atoms with van der Waals surface area (Å²) in [4.78, 5) is 24.5. The number of urea groups is 1. The summed E-state index contributed by atoms with van der Waals surface area (Å²) in [6.07, 6.45) is 0. The molecule has 3 amide bonds. The number of rotatable bonds is 7. The third kappa shape index (κ3) is 5.88. The maximum Gasteiger partial charge on any atom is 0.315 e. The molecule has 5 nitrogen and oxygen atoms in total. The van der Waals surface area contributed by atoms with Crippen LogP contribution in [0.3, 0.4) is 0 Å². The Balaban J connectivity index is 1.87. The molecule has 0 fully saturated rings. The van der Waals surface area contributed by atoms with Gasteiger partial charge in [-0.1, -0.05) is 62.4 Å². The summed E-state index contributed by atoms with van der Waals surface area (Å²) in [7, 11) is 0. The van der Waals surface area contributed by atoms with Gasteiger partial charge in [-0.3, -0.25) is 4.79 Å². The fourth-order valence-corrected chi connectivity index (χ4v) is 2.44. The van der Waals surface area contributed by atoms with Crippen molar-refractivity contribution in [2.24, 2.45) is 5.92 Å². The van der Waals surface area contributed by atoms with Crippen molar-refractivity contribution in [1.29, 1.82) is 0 Å². The van der Waals surface area contributed by atoms with E-state index in [1.807, 2.05) is 44.2 Å². The molecule has 0 heterocycles. The van der Waals surface area contributed by atoms with Crippen molar-refractivity contribution < 1.29 is 14.0 Å². The van der Waals surface area contributed by atoms with E-state index in [-0.39, 0.29) is 24.2 Å². The van der Waals surface area contributed by atoms with Crippen LogP contribution in [0.15, 0.2) is 54.6 Å². The zero-order chi connectivity index (χ0) is 18.9. The van der Waals surface area contributed by atoms with E-state index in [1.165, 1.54) is 6.07 Å². The number of hydrogen-bond acceptors (Lipinski definition) is 2. The molecule has 0 unspecified atom stereocenters. The number of carbonyl (C=O) groups is 2. The van der Waals surface area contributed by atoms with Gasteiger partial charge in [0.05, 0.1) is 0 Å². The lowest BCUT2D eigenvalue weighted by Crippen LogP contribution is -2.52. The van der Waals surface area contributed by atoms with Gasteiger partial charge in [0.25, 0.3) is 0 Å². The first-order chi connectivity index (χ1) is 12.5. The smallest absolute Gasteiger partial charge is 0.315 e. The standard InChI is InChI=1S/C20H24FN3O2/c1-14(2)18(19(25)22-13-16-10-6-7-11-17(16)21)24-20(26)23-12-15-8-4-3-5-9-15/h3-11,14,18H,12-13H2,1-2H3,(H,22,25)(H2,23,24,26)/t18-/m1/s1. The maximum absolute atomic E-state index is 13.6. The Hall–Kier alpha value is -2.89. The van der Waals surface area contributed by atoms with E-state index in [9.17, 15) is 14.0 Å². The van der Waals surface area contributed by atoms with Gasteiger partial charge < -0.3 is 16.0 Å². The summed E-state index contributed by atoms with van der Waals surface area (Å²) in [6.45, 7) is 4.12. The second kappa shape index (κ2) is 9.56. The quantitative estimate of drug-likeness (QED) is 0.713. The van der Waals surface area contributed by atoms with E-state index >= 15 is 0 Å². The van der Waals surface area contributed by atoms with Crippen LogP contribution in [0, 0.1) is 11.7 Å². The van der Waals surface area contributed by atoms with Gasteiger partial charge in [0.1, 0.15) is 11.9 Å². The summed E-state index contributed by atoms with van der Waals surface area (Å²) in [5.41, 5.74) is 1.37. The van der Waals surface area contributed by atoms with Crippen LogP contribution in [0.4, 0.5) is 9.18 Å². The Bertz CT molecular complexity index is 735. The fraction of sp³-hybridized carbons (Fsp3) is 0.300. The van der Waals surface area contributed by atoms with Gasteiger partial charge in [0.2, 0.25) is 5.91 Å². The molecule has 0 saturated carbocycles. The lowest BCUT2D eigenvalue weighted by atomic mass is 10.0. The molecule has 2 rings (SSSR count). The van der Waals surface area contributed by atoms with Gasteiger partial charge in [-0.25, -0.2) is 9.18 Å². The van der Waals surface area contributed by atoms with Crippen LogP contribution in [0.25, 0.3) is 0 Å². The van der Waals surface area contributed by atoms with Crippen molar-refractivity contribution in [3.05, 3.63) is 71.5 Å². The first-order valence-corrected chi connectivity index (χ1v) is 8.56. The van der Waals surface area contributed by atoms with Gasteiger partial charge in [0.15, 0.2) is 0 Å². The van der Waals surface area contributed by atoms with Crippen LogP contribution in [-0.2, 0) is 17.9 Å². The molecule has 0 radical (unpaired) electrons. The van der Waals surface area contributed by atoms with E-state index in [0.717, 1.165) is 5.56 Å². The van der Waals surface area contributed by atoms with Crippen LogP contribution in [-0.4, -0.2) is 18.0 Å². The van der Waals surface area contributed by atoms with E-state index in [2.05, 4.69) is 16.0 Å². The molecular formula is C20H24FN3O2. The topological polar surface area (TPSA) is 70.2 Å². The summed E-state index contributed by atoms with van der Waals surface area (Å²) >= 11 is 0. The average Bonchev–Trinajstić information content (AvgIpc) is 2.64. The number of amides is 3. The Labute approximate surface area is 153 Å². The van der Waals surface area contributed by atoms with E-state index in [4.69, 9.17) is 0 Å². The highest BCUT2D eigenvalue weighted by molar-refractivity contribution is 5.87. The van der Waals surface area contributed by atoms with Gasteiger partial charge in [-0.15, -0.1) is 0 Å². The zero-order valence-electron chi connectivity index (χ0n) is 15.0. The minimum absolute atomic E-state index is 0.0715. The maximum atomic E-state index is 13.6. The van der Waals surface area contributed by atoms with Crippen LogP contribution in [0.5, 0.6) is 0 Å². The van der Waals surface area contributed by atoms with E-state index in [0.29, 0.717) is 12.1 Å². The largest absolute Gasteiger partial charge is 0.350 e. The number of halogens is 1. The monoisotopic (exact) mass is 357 g/mol.